The maximum absolute atomic E-state index is 3.35. The summed E-state index contributed by atoms with van der Waals surface area (Å²) in [5.74, 6) is 0.713. The van der Waals surface area contributed by atoms with E-state index in [1.54, 1.807) is 0 Å². The molecule has 1 aromatic heterocycles. The van der Waals surface area contributed by atoms with Crippen LogP contribution < -0.4 is 4.57 Å². The van der Waals surface area contributed by atoms with E-state index < -0.39 is 0 Å². The molecule has 2 atom stereocenters. The lowest BCUT2D eigenvalue weighted by Crippen LogP contribution is -2.42. The van der Waals surface area contributed by atoms with E-state index in [-0.39, 0.29) is 0 Å². The minimum Gasteiger partial charge on any atom is -0.250 e. The van der Waals surface area contributed by atoms with E-state index in [1.165, 1.54) is 179 Å². The number of benzene rings is 1. The van der Waals surface area contributed by atoms with Crippen molar-refractivity contribution in [3.63, 3.8) is 0 Å². The zero-order chi connectivity index (χ0) is 29.8. The molecule has 240 valence electrons. The van der Waals surface area contributed by atoms with E-state index in [0.29, 0.717) is 12.0 Å². The van der Waals surface area contributed by atoms with Crippen LogP contribution >= 0.6 is 0 Å². The summed E-state index contributed by atoms with van der Waals surface area (Å²) in [4.78, 5) is 3.35. The van der Waals surface area contributed by atoms with Crippen LogP contribution in [0.5, 0.6) is 0 Å². The van der Waals surface area contributed by atoms with Crippen molar-refractivity contribution in [1.29, 1.82) is 0 Å². The first-order valence-electron chi connectivity index (χ1n) is 18.9. The highest BCUT2D eigenvalue weighted by Gasteiger charge is 2.26. The Morgan fingerprint density at radius 2 is 0.952 bits per heavy atom. The van der Waals surface area contributed by atoms with E-state index >= 15 is 0 Å². The van der Waals surface area contributed by atoms with Crippen molar-refractivity contribution in [3.05, 3.63) is 54.6 Å². The van der Waals surface area contributed by atoms with Crippen molar-refractivity contribution < 1.29 is 4.57 Å². The van der Waals surface area contributed by atoms with Gasteiger partial charge in [-0.25, -0.2) is 4.57 Å². The van der Waals surface area contributed by atoms with Crippen molar-refractivity contribution in [3.8, 4) is 0 Å². The highest BCUT2D eigenvalue weighted by molar-refractivity contribution is 5.15. The van der Waals surface area contributed by atoms with E-state index in [9.17, 15) is 0 Å². The van der Waals surface area contributed by atoms with Crippen LogP contribution in [-0.4, -0.2) is 4.98 Å². The van der Waals surface area contributed by atoms with E-state index in [2.05, 4.69) is 72.5 Å². The molecule has 0 saturated heterocycles. The Hall–Kier alpha value is -1.57. The van der Waals surface area contributed by atoms with Crippen LogP contribution in [0.2, 0.25) is 0 Å². The number of rotatable bonds is 30. The molecule has 2 aromatic rings. The number of hydrogen-bond acceptors (Lipinski definition) is 0. The van der Waals surface area contributed by atoms with Crippen molar-refractivity contribution in [2.24, 2.45) is 5.92 Å². The fourth-order valence-corrected chi connectivity index (χ4v) is 6.93. The SMILES string of the molecule is CCCCCCCCCCCCCCCCCCCC(C(CCCCCCCCC)Cc1ccccc1)[n+]1cc[nH]c1. The zero-order valence-corrected chi connectivity index (χ0v) is 28.3. The zero-order valence-electron chi connectivity index (χ0n) is 28.3. The van der Waals surface area contributed by atoms with Crippen LogP contribution in [0.3, 0.4) is 0 Å². The van der Waals surface area contributed by atoms with Crippen LogP contribution in [0.4, 0.5) is 0 Å². The first-order valence-corrected chi connectivity index (χ1v) is 18.9. The van der Waals surface area contributed by atoms with E-state index in [4.69, 9.17) is 0 Å². The molecule has 1 N–H and O–H groups in total. The van der Waals surface area contributed by atoms with Gasteiger partial charge in [-0.1, -0.05) is 192 Å². The molecule has 2 nitrogen and oxygen atoms in total. The van der Waals surface area contributed by atoms with Gasteiger partial charge in [0.1, 0.15) is 18.4 Å². The Balaban J connectivity index is 1.63. The van der Waals surface area contributed by atoms with Gasteiger partial charge in [-0.05, 0) is 31.2 Å². The third-order valence-corrected chi connectivity index (χ3v) is 9.62. The Labute approximate surface area is 262 Å². The van der Waals surface area contributed by atoms with Gasteiger partial charge in [0, 0.05) is 5.92 Å². The maximum Gasteiger partial charge on any atom is 0.241 e. The molecule has 0 aliphatic carbocycles. The summed E-state index contributed by atoms with van der Waals surface area (Å²) in [6, 6.07) is 11.9. The molecule has 2 heteroatoms. The maximum atomic E-state index is 3.35. The Morgan fingerprint density at radius 3 is 1.38 bits per heavy atom. The van der Waals surface area contributed by atoms with Crippen molar-refractivity contribution >= 4 is 0 Å². The highest BCUT2D eigenvalue weighted by atomic mass is 15.1. The van der Waals surface area contributed by atoms with Gasteiger partial charge in [0.05, 0.1) is 0 Å². The molecule has 0 fully saturated rings. The van der Waals surface area contributed by atoms with Gasteiger partial charge in [-0.15, -0.1) is 0 Å². The third-order valence-electron chi connectivity index (χ3n) is 9.62. The molecule has 0 bridgehead atoms. The summed E-state index contributed by atoms with van der Waals surface area (Å²) in [5, 5.41) is 0. The lowest BCUT2D eigenvalue weighted by atomic mass is 9.84. The number of hydrogen-bond donors (Lipinski definition) is 1. The highest BCUT2D eigenvalue weighted by Crippen LogP contribution is 2.29. The standard InChI is InChI=1S/C40H70N2/c1-3-5-7-9-11-12-13-14-15-16-17-18-19-20-22-24-29-33-40(42-35-34-41-37-42)39(36-38-30-26-25-27-31-38)32-28-23-21-10-8-6-4-2/h25-27,30-31,34-35,37,39-40H,3-24,28-29,32-33,36H2,1-2H3/p+1. The summed E-state index contributed by atoms with van der Waals surface area (Å²) in [5.41, 5.74) is 1.51. The van der Waals surface area contributed by atoms with Crippen LogP contribution in [0.15, 0.2) is 49.1 Å². The predicted molar refractivity (Wildman–Crippen MR) is 185 cm³/mol. The van der Waals surface area contributed by atoms with Gasteiger partial charge in [-0.3, -0.25) is 4.98 Å². The molecule has 2 unspecified atom stereocenters. The normalized spacial score (nSPS) is 13.0. The second-order valence-corrected chi connectivity index (χ2v) is 13.4. The average Bonchev–Trinajstić information content (AvgIpc) is 3.55. The summed E-state index contributed by atoms with van der Waals surface area (Å²) >= 11 is 0. The quantitative estimate of drug-likeness (QED) is 0.0701. The lowest BCUT2D eigenvalue weighted by Gasteiger charge is -2.25. The predicted octanol–water partition coefficient (Wildman–Crippen LogP) is 12.9. The molecule has 0 spiro atoms. The summed E-state index contributed by atoms with van der Waals surface area (Å²) in [6.45, 7) is 4.62. The second-order valence-electron chi connectivity index (χ2n) is 13.4. The number of aromatic nitrogens is 2. The number of aromatic amines is 1. The molecular formula is C40H71N2+. The van der Waals surface area contributed by atoms with Crippen molar-refractivity contribution in [2.45, 2.75) is 193 Å². The van der Waals surface area contributed by atoms with Crippen LogP contribution in [0.1, 0.15) is 192 Å². The fraction of sp³-hybridized carbons (Fsp3) is 0.775. The van der Waals surface area contributed by atoms with E-state index in [0.717, 1.165) is 0 Å². The molecule has 0 radical (unpaired) electrons. The molecule has 1 heterocycles. The summed E-state index contributed by atoms with van der Waals surface area (Å²) < 4.78 is 2.50. The molecule has 42 heavy (non-hydrogen) atoms. The molecule has 2 rings (SSSR count). The number of nitrogens with zero attached hydrogens (tertiary/aromatic N) is 1. The van der Waals surface area contributed by atoms with Crippen molar-refractivity contribution in [1.82, 2.24) is 4.98 Å². The van der Waals surface area contributed by atoms with Gasteiger partial charge in [0.15, 0.2) is 0 Å². The molecule has 0 aliphatic rings. The number of unbranched alkanes of at least 4 members (excludes halogenated alkanes) is 22. The first-order chi connectivity index (χ1) is 20.8. The van der Waals surface area contributed by atoms with Gasteiger partial charge in [0.2, 0.25) is 6.33 Å². The van der Waals surface area contributed by atoms with Gasteiger partial charge < -0.3 is 0 Å². The van der Waals surface area contributed by atoms with E-state index in [1.807, 2.05) is 0 Å². The fourth-order valence-electron chi connectivity index (χ4n) is 6.93. The number of nitrogens with one attached hydrogen (secondary N) is 1. The molecule has 0 aliphatic heterocycles. The van der Waals surface area contributed by atoms with Crippen LogP contribution in [0, 0.1) is 5.92 Å². The van der Waals surface area contributed by atoms with Crippen molar-refractivity contribution in [2.75, 3.05) is 0 Å². The molecule has 1 aromatic carbocycles. The number of imidazole rings is 1. The van der Waals surface area contributed by atoms with Crippen LogP contribution in [0.25, 0.3) is 0 Å². The molecule has 0 saturated carbocycles. The average molecular weight is 580 g/mol. The summed E-state index contributed by atoms with van der Waals surface area (Å²) in [7, 11) is 0. The molecule has 0 amide bonds. The second kappa shape index (κ2) is 27.0. The monoisotopic (exact) mass is 580 g/mol. The van der Waals surface area contributed by atoms with Gasteiger partial charge >= 0.3 is 0 Å². The molecular weight excluding hydrogens is 508 g/mol. The van der Waals surface area contributed by atoms with Gasteiger partial charge in [-0.2, -0.15) is 0 Å². The minimum absolute atomic E-state index is 0.605. The Bertz CT molecular complexity index is 783. The van der Waals surface area contributed by atoms with Gasteiger partial charge in [0.25, 0.3) is 0 Å². The van der Waals surface area contributed by atoms with Crippen LogP contribution in [-0.2, 0) is 6.42 Å². The smallest absolute Gasteiger partial charge is 0.241 e. The topological polar surface area (TPSA) is 19.7 Å². The third kappa shape index (κ3) is 18.9. The number of H-pyrrole nitrogens is 1. The minimum atomic E-state index is 0.605. The largest absolute Gasteiger partial charge is 0.250 e. The lowest BCUT2D eigenvalue weighted by molar-refractivity contribution is -0.730. The summed E-state index contributed by atoms with van der Waals surface area (Å²) in [6.07, 6.45) is 44.8. The Morgan fingerprint density at radius 1 is 0.524 bits per heavy atom. The Kier molecular flexibility index (Phi) is 23.6. The first kappa shape index (κ1) is 36.6.